The summed E-state index contributed by atoms with van der Waals surface area (Å²) in [4.78, 5) is 37.1. The highest BCUT2D eigenvalue weighted by Gasteiger charge is 2.21. The summed E-state index contributed by atoms with van der Waals surface area (Å²) in [6.07, 6.45) is 24.0. The number of unbranched alkanes of at least 4 members (excludes halogenated alkanes) is 12. The first kappa shape index (κ1) is 46.8. The summed E-state index contributed by atoms with van der Waals surface area (Å²) in [6, 6.07) is 6.02. The molecule has 1 aliphatic heterocycles. The molecule has 12 heteroatoms. The molecule has 1 aliphatic rings. The van der Waals surface area contributed by atoms with Crippen molar-refractivity contribution in [3.63, 3.8) is 0 Å². The van der Waals surface area contributed by atoms with E-state index in [1.165, 1.54) is 106 Å². The molecule has 0 saturated carbocycles. The Morgan fingerprint density at radius 2 is 1.02 bits per heavy atom. The molecule has 4 heterocycles. The van der Waals surface area contributed by atoms with Crippen LogP contribution in [0.2, 0.25) is 0 Å². The summed E-state index contributed by atoms with van der Waals surface area (Å²) in [5.41, 5.74) is 2.76. The molecule has 4 rings (SSSR count). The van der Waals surface area contributed by atoms with E-state index in [4.69, 9.17) is 9.97 Å². The van der Waals surface area contributed by atoms with Gasteiger partial charge >= 0.3 is 16.0 Å². The Hall–Kier alpha value is -2.86. The molecule has 0 spiro atoms. The van der Waals surface area contributed by atoms with E-state index in [-0.39, 0.29) is 11.2 Å². The van der Waals surface area contributed by atoms with Gasteiger partial charge in [-0.05, 0) is 106 Å². The molecular formula is C45H76N8O2S2+2. The van der Waals surface area contributed by atoms with Crippen molar-refractivity contribution in [1.82, 2.24) is 19.1 Å². The fraction of sp³-hybridized carbons (Fsp3) is 0.733. The molecule has 0 unspecified atom stereocenters. The SMILES string of the molecule is CCCCCCCCC[n+]1c(C)cc2nc1SCCCn1c(C)cc(=O)n(c1=O)CCCSc1nc(cc(C)[n+]1CCCCCCCCC)NCCCCCCN2. The van der Waals surface area contributed by atoms with E-state index in [0.717, 1.165) is 97.4 Å². The van der Waals surface area contributed by atoms with Crippen molar-refractivity contribution in [2.45, 2.75) is 200 Å². The Morgan fingerprint density at radius 3 is 1.49 bits per heavy atom. The molecule has 0 atom stereocenters. The molecule has 3 aromatic heterocycles. The fourth-order valence-corrected chi connectivity index (χ4v) is 9.68. The minimum absolute atomic E-state index is 0.205. The van der Waals surface area contributed by atoms with Gasteiger partial charge < -0.3 is 10.6 Å². The number of anilines is 2. The minimum Gasteiger partial charge on any atom is -0.349 e. The smallest absolute Gasteiger partial charge is 0.349 e. The van der Waals surface area contributed by atoms with Crippen LogP contribution in [0.25, 0.3) is 0 Å². The largest absolute Gasteiger partial charge is 0.361 e. The van der Waals surface area contributed by atoms with Crippen molar-refractivity contribution in [3.8, 4) is 0 Å². The maximum absolute atomic E-state index is 13.8. The maximum Gasteiger partial charge on any atom is 0.361 e. The number of nitrogens with zero attached hydrogens (tertiary/aromatic N) is 6. The summed E-state index contributed by atoms with van der Waals surface area (Å²) < 4.78 is 7.98. The standard InChI is InChI=1S/C45H74N8O2S2/c1-6-8-10-12-14-18-22-28-50-37(3)34-40-46-26-20-16-17-21-27-47-41-35-38(4)51(29-23-19-15-13-11-9-7-2)44(49-41)57-33-25-31-53-42(54)36-39(5)52(45(53)55)30-24-32-56-43(50)48-40/h34-36H,6-33H2,1-5H3/p+2. The minimum atomic E-state index is -0.213. The number of hydrogen-bond donors (Lipinski definition) is 2. The van der Waals surface area contributed by atoms with Crippen LogP contribution in [0.5, 0.6) is 0 Å². The number of rotatable bonds is 16. The van der Waals surface area contributed by atoms with E-state index < -0.39 is 0 Å². The van der Waals surface area contributed by atoms with Crippen molar-refractivity contribution in [1.29, 1.82) is 0 Å². The number of nitrogens with one attached hydrogen (secondary N) is 2. The number of hydrogen-bond acceptors (Lipinski definition) is 8. The molecule has 57 heavy (non-hydrogen) atoms. The average Bonchev–Trinajstić information content (AvgIpc) is 3.18. The number of aryl methyl sites for hydroxylation is 3. The summed E-state index contributed by atoms with van der Waals surface area (Å²) in [5.74, 6) is 3.49. The van der Waals surface area contributed by atoms with Crippen LogP contribution in [-0.4, -0.2) is 43.7 Å². The number of fused-ring (bicyclic) bond motifs is 6. The van der Waals surface area contributed by atoms with E-state index in [9.17, 15) is 9.59 Å². The van der Waals surface area contributed by atoms with Crippen molar-refractivity contribution in [3.05, 3.63) is 56.1 Å². The fourth-order valence-electron chi connectivity index (χ4n) is 7.66. The number of aromatic nitrogens is 6. The molecule has 3 aromatic rings. The summed E-state index contributed by atoms with van der Waals surface area (Å²) in [6.45, 7) is 15.5. The molecule has 10 nitrogen and oxygen atoms in total. The van der Waals surface area contributed by atoms with Gasteiger partial charge in [0.1, 0.15) is 11.4 Å². The first-order valence-electron chi connectivity index (χ1n) is 22.7. The van der Waals surface area contributed by atoms with Crippen LogP contribution in [0.4, 0.5) is 11.6 Å². The van der Waals surface area contributed by atoms with Crippen LogP contribution < -0.4 is 31.0 Å². The second-order valence-electron chi connectivity index (χ2n) is 16.1. The van der Waals surface area contributed by atoms with Gasteiger partial charge in [-0.1, -0.05) is 90.9 Å². The summed E-state index contributed by atoms with van der Waals surface area (Å²) in [7, 11) is 0. The van der Waals surface area contributed by atoms with Gasteiger partial charge in [-0.15, -0.1) is 0 Å². The lowest BCUT2D eigenvalue weighted by Gasteiger charge is -2.13. The Bertz CT molecular complexity index is 1740. The third-order valence-electron chi connectivity index (χ3n) is 11.1. The molecule has 0 fully saturated rings. The van der Waals surface area contributed by atoms with Gasteiger partial charge in [0.25, 0.3) is 5.56 Å². The number of thioether (sulfide) groups is 2. The van der Waals surface area contributed by atoms with Crippen LogP contribution >= 0.6 is 23.5 Å². The first-order chi connectivity index (χ1) is 27.8. The molecule has 0 aromatic carbocycles. The van der Waals surface area contributed by atoms with Gasteiger partial charge in [-0.25, -0.2) is 13.9 Å². The quantitative estimate of drug-likeness (QED) is 0.0838. The van der Waals surface area contributed by atoms with E-state index >= 15 is 0 Å². The van der Waals surface area contributed by atoms with Gasteiger partial charge in [0.05, 0.1) is 13.1 Å². The molecular weight excluding hydrogens is 749 g/mol. The van der Waals surface area contributed by atoms with E-state index in [0.29, 0.717) is 19.5 Å². The molecule has 318 valence electrons. The summed E-state index contributed by atoms with van der Waals surface area (Å²) >= 11 is 3.52. The van der Waals surface area contributed by atoms with Crippen molar-refractivity contribution in [2.24, 2.45) is 0 Å². The lowest BCUT2D eigenvalue weighted by molar-refractivity contribution is -0.742. The molecule has 0 radical (unpaired) electrons. The summed E-state index contributed by atoms with van der Waals surface area (Å²) in [5, 5.41) is 9.31. The van der Waals surface area contributed by atoms with Crippen molar-refractivity contribution < 1.29 is 9.13 Å². The van der Waals surface area contributed by atoms with Crippen LogP contribution in [-0.2, 0) is 26.2 Å². The molecule has 2 N–H and O–H groups in total. The topological polar surface area (TPSA) is 102 Å². The lowest BCUT2D eigenvalue weighted by Crippen LogP contribution is -2.41. The van der Waals surface area contributed by atoms with Gasteiger partial charge in [0, 0.05) is 61.6 Å². The van der Waals surface area contributed by atoms with Gasteiger partial charge in [0.15, 0.2) is 0 Å². The highest BCUT2D eigenvalue weighted by atomic mass is 32.2. The van der Waals surface area contributed by atoms with E-state index in [1.807, 2.05) is 6.92 Å². The lowest BCUT2D eigenvalue weighted by atomic mass is 10.1. The Morgan fingerprint density at radius 1 is 0.579 bits per heavy atom. The predicted molar refractivity (Wildman–Crippen MR) is 240 cm³/mol. The van der Waals surface area contributed by atoms with E-state index in [2.05, 4.69) is 59.6 Å². The highest BCUT2D eigenvalue weighted by molar-refractivity contribution is 7.99. The van der Waals surface area contributed by atoms with Gasteiger partial charge in [0.2, 0.25) is 11.6 Å². The Balaban J connectivity index is 1.47. The molecule has 0 saturated heterocycles. The zero-order chi connectivity index (χ0) is 40.7. The zero-order valence-corrected chi connectivity index (χ0v) is 38.0. The molecule has 0 amide bonds. The van der Waals surface area contributed by atoms with Gasteiger partial charge in [-0.3, -0.25) is 13.9 Å². The predicted octanol–water partition coefficient (Wildman–Crippen LogP) is 9.56. The average molecular weight is 825 g/mol. The highest BCUT2D eigenvalue weighted by Crippen LogP contribution is 2.20. The zero-order valence-electron chi connectivity index (χ0n) is 36.3. The maximum atomic E-state index is 13.8. The second kappa shape index (κ2) is 27.0. The van der Waals surface area contributed by atoms with Crippen LogP contribution in [0.3, 0.4) is 0 Å². The third kappa shape index (κ3) is 16.4. The van der Waals surface area contributed by atoms with Crippen molar-refractivity contribution >= 4 is 35.2 Å². The van der Waals surface area contributed by atoms with Crippen molar-refractivity contribution in [2.75, 3.05) is 35.2 Å². The normalized spacial score (nSPS) is 15.0. The van der Waals surface area contributed by atoms with Gasteiger partial charge in [-0.2, -0.15) is 0 Å². The molecule has 0 aliphatic carbocycles. The monoisotopic (exact) mass is 825 g/mol. The molecule has 6 bridgehead atoms. The van der Waals surface area contributed by atoms with Crippen LogP contribution in [0, 0.1) is 20.8 Å². The second-order valence-corrected chi connectivity index (χ2v) is 18.2. The van der Waals surface area contributed by atoms with E-state index in [1.54, 1.807) is 34.2 Å². The first-order valence-corrected chi connectivity index (χ1v) is 24.7. The Labute approximate surface area is 352 Å². The van der Waals surface area contributed by atoms with Crippen LogP contribution in [0.1, 0.15) is 159 Å². The Kier molecular flexibility index (Phi) is 22.2. The van der Waals surface area contributed by atoms with Crippen LogP contribution in [0.15, 0.2) is 38.1 Å². The third-order valence-corrected chi connectivity index (χ3v) is 13.2.